The quantitative estimate of drug-likeness (QED) is 0.795. The average molecular weight is 347 g/mol. The molecule has 0 saturated heterocycles. The minimum Gasteiger partial charge on any atom is -0.475 e. The van der Waals surface area contributed by atoms with Gasteiger partial charge in [0.2, 0.25) is 6.10 Å². The zero-order valence-corrected chi connectivity index (χ0v) is 14.1. The molecule has 1 atom stereocenters. The third-order valence-corrected chi connectivity index (χ3v) is 5.57. The smallest absolute Gasteiger partial charge is 0.348 e. The lowest BCUT2D eigenvalue weighted by Gasteiger charge is -2.34. The Morgan fingerprint density at radius 2 is 1.92 bits per heavy atom. The van der Waals surface area contributed by atoms with Crippen molar-refractivity contribution in [1.82, 2.24) is 0 Å². The van der Waals surface area contributed by atoms with Crippen molar-refractivity contribution in [2.24, 2.45) is 0 Å². The van der Waals surface area contributed by atoms with Crippen molar-refractivity contribution in [1.29, 1.82) is 0 Å². The van der Waals surface area contributed by atoms with E-state index in [-0.39, 0.29) is 11.4 Å². The van der Waals surface area contributed by atoms with Gasteiger partial charge in [0.25, 0.3) is 10.0 Å². The molecular weight excluding hydrogens is 330 g/mol. The van der Waals surface area contributed by atoms with E-state index < -0.39 is 22.1 Å². The summed E-state index contributed by atoms with van der Waals surface area (Å²) in [5, 5.41) is 0. The Hall–Kier alpha value is -2.54. The van der Waals surface area contributed by atoms with Gasteiger partial charge in [0.1, 0.15) is 5.75 Å². The van der Waals surface area contributed by atoms with Crippen LogP contribution in [0.4, 0.5) is 5.69 Å². The molecule has 0 fully saturated rings. The van der Waals surface area contributed by atoms with Gasteiger partial charge in [-0.2, -0.15) is 0 Å². The van der Waals surface area contributed by atoms with Crippen molar-refractivity contribution in [2.45, 2.75) is 17.9 Å². The van der Waals surface area contributed by atoms with Crippen LogP contribution in [0.15, 0.2) is 53.4 Å². The molecule has 0 radical (unpaired) electrons. The van der Waals surface area contributed by atoms with Crippen molar-refractivity contribution >= 4 is 21.7 Å². The van der Waals surface area contributed by atoms with Crippen LogP contribution >= 0.6 is 0 Å². The number of nitrogens with zero attached hydrogens (tertiary/aromatic N) is 1. The number of sulfonamides is 1. The molecular formula is C17H17NO5S. The number of hydrogen-bond acceptors (Lipinski definition) is 5. The van der Waals surface area contributed by atoms with E-state index in [0.717, 1.165) is 5.56 Å². The Labute approximate surface area is 140 Å². The highest BCUT2D eigenvalue weighted by Crippen LogP contribution is 2.37. The van der Waals surface area contributed by atoms with Crippen molar-refractivity contribution in [2.75, 3.05) is 18.0 Å². The van der Waals surface area contributed by atoms with Crippen molar-refractivity contribution < 1.29 is 22.7 Å². The molecule has 0 bridgehead atoms. The molecule has 0 saturated carbocycles. The van der Waals surface area contributed by atoms with Crippen LogP contribution in [0.1, 0.15) is 5.56 Å². The van der Waals surface area contributed by atoms with Crippen LogP contribution in [0.5, 0.6) is 5.75 Å². The Balaban J connectivity index is 2.11. The second-order valence-corrected chi connectivity index (χ2v) is 7.31. The fraction of sp³-hybridized carbons (Fsp3) is 0.235. The molecule has 0 aliphatic carbocycles. The lowest BCUT2D eigenvalue weighted by atomic mass is 10.1. The first-order valence-electron chi connectivity index (χ1n) is 7.36. The summed E-state index contributed by atoms with van der Waals surface area (Å²) in [7, 11) is -2.57. The molecule has 0 N–H and O–H groups in total. The van der Waals surface area contributed by atoms with Gasteiger partial charge >= 0.3 is 5.97 Å². The maximum atomic E-state index is 13.0. The van der Waals surface area contributed by atoms with Gasteiger partial charge in [-0.25, -0.2) is 13.2 Å². The summed E-state index contributed by atoms with van der Waals surface area (Å²) in [5.74, 6) is -0.272. The summed E-state index contributed by atoms with van der Waals surface area (Å²) in [4.78, 5) is 12.1. The average Bonchev–Trinajstić information content (AvgIpc) is 2.60. The lowest BCUT2D eigenvalue weighted by Crippen LogP contribution is -2.47. The summed E-state index contributed by atoms with van der Waals surface area (Å²) in [6, 6.07) is 13.3. The number of carbonyl (C=O) groups excluding carboxylic acids is 1. The lowest BCUT2D eigenvalue weighted by molar-refractivity contribution is -0.148. The van der Waals surface area contributed by atoms with Crippen LogP contribution in [-0.2, 0) is 19.6 Å². The highest BCUT2D eigenvalue weighted by molar-refractivity contribution is 7.92. The minimum absolute atomic E-state index is 0.139. The number of methoxy groups -OCH3 is 1. The fourth-order valence-corrected chi connectivity index (χ4v) is 4.06. The number of benzene rings is 2. The van der Waals surface area contributed by atoms with Gasteiger partial charge in [0, 0.05) is 0 Å². The maximum Gasteiger partial charge on any atom is 0.348 e. The van der Waals surface area contributed by atoms with Gasteiger partial charge in [-0.05, 0) is 36.8 Å². The van der Waals surface area contributed by atoms with E-state index in [2.05, 4.69) is 0 Å². The first-order chi connectivity index (χ1) is 11.4. The molecule has 0 amide bonds. The Morgan fingerprint density at radius 1 is 1.21 bits per heavy atom. The van der Waals surface area contributed by atoms with Gasteiger partial charge in [-0.3, -0.25) is 4.31 Å². The third-order valence-electron chi connectivity index (χ3n) is 3.78. The molecule has 24 heavy (non-hydrogen) atoms. The van der Waals surface area contributed by atoms with Gasteiger partial charge in [0.15, 0.2) is 0 Å². The molecule has 0 aromatic heterocycles. The number of esters is 1. The molecule has 2 aromatic carbocycles. The Kier molecular flexibility index (Phi) is 4.19. The van der Waals surface area contributed by atoms with Crippen molar-refractivity contribution in [3.8, 4) is 5.75 Å². The second-order valence-electron chi connectivity index (χ2n) is 5.45. The normalized spacial score (nSPS) is 16.9. The SMILES string of the molecule is COC(=O)C1CN(S(=O)(=O)c2ccccc2)c2ccc(C)cc2O1. The van der Waals surface area contributed by atoms with E-state index in [1.807, 2.05) is 6.92 Å². The predicted octanol–water partition coefficient (Wildman–Crippen LogP) is 2.12. The zero-order chi connectivity index (χ0) is 17.3. The fourth-order valence-electron chi connectivity index (χ4n) is 2.56. The number of hydrogen-bond donors (Lipinski definition) is 0. The van der Waals surface area contributed by atoms with Crippen LogP contribution in [0, 0.1) is 6.92 Å². The number of fused-ring (bicyclic) bond motifs is 1. The van der Waals surface area contributed by atoms with Crippen LogP contribution < -0.4 is 9.04 Å². The number of rotatable bonds is 3. The number of anilines is 1. The molecule has 2 aromatic rings. The molecule has 6 nitrogen and oxygen atoms in total. The first kappa shape index (κ1) is 16.3. The third kappa shape index (κ3) is 2.82. The van der Waals surface area contributed by atoms with E-state index in [0.29, 0.717) is 11.4 Å². The van der Waals surface area contributed by atoms with E-state index in [1.165, 1.54) is 23.5 Å². The van der Waals surface area contributed by atoms with Gasteiger partial charge in [0.05, 0.1) is 24.2 Å². The van der Waals surface area contributed by atoms with E-state index in [4.69, 9.17) is 9.47 Å². The summed E-state index contributed by atoms with van der Waals surface area (Å²) in [6.07, 6.45) is -1.01. The molecule has 1 heterocycles. The van der Waals surface area contributed by atoms with E-state index >= 15 is 0 Å². The zero-order valence-electron chi connectivity index (χ0n) is 13.3. The first-order valence-corrected chi connectivity index (χ1v) is 8.80. The Bertz CT molecular complexity index is 864. The van der Waals surface area contributed by atoms with E-state index in [9.17, 15) is 13.2 Å². The molecule has 3 rings (SSSR count). The summed E-state index contributed by atoms with van der Waals surface area (Å²) in [6.45, 7) is 1.72. The number of carbonyl (C=O) groups is 1. The summed E-state index contributed by atoms with van der Waals surface area (Å²) in [5.41, 5.74) is 1.31. The molecule has 1 unspecified atom stereocenters. The van der Waals surface area contributed by atoms with Crippen LogP contribution in [0.25, 0.3) is 0 Å². The summed E-state index contributed by atoms with van der Waals surface area (Å²) < 4.78 is 37.6. The molecule has 0 spiro atoms. The van der Waals surface area contributed by atoms with Gasteiger partial charge in [-0.15, -0.1) is 0 Å². The maximum absolute atomic E-state index is 13.0. The predicted molar refractivity (Wildman–Crippen MR) is 88.6 cm³/mol. The number of aryl methyl sites for hydroxylation is 1. The van der Waals surface area contributed by atoms with Crippen LogP contribution in [0.3, 0.4) is 0 Å². The topological polar surface area (TPSA) is 72.9 Å². The van der Waals surface area contributed by atoms with Crippen molar-refractivity contribution in [3.63, 3.8) is 0 Å². The van der Waals surface area contributed by atoms with Crippen LogP contribution in [0.2, 0.25) is 0 Å². The second kappa shape index (κ2) is 6.16. The standard InChI is InChI=1S/C17H17NO5S/c1-12-8-9-14-15(10-12)23-16(17(19)22-2)11-18(14)24(20,21)13-6-4-3-5-7-13/h3-10,16H,11H2,1-2H3. The highest BCUT2D eigenvalue weighted by atomic mass is 32.2. The van der Waals surface area contributed by atoms with E-state index in [1.54, 1.807) is 36.4 Å². The largest absolute Gasteiger partial charge is 0.475 e. The molecule has 126 valence electrons. The molecule has 7 heteroatoms. The monoisotopic (exact) mass is 347 g/mol. The summed E-state index contributed by atoms with van der Waals surface area (Å²) >= 11 is 0. The van der Waals surface area contributed by atoms with Gasteiger partial charge in [-0.1, -0.05) is 24.3 Å². The minimum atomic E-state index is -3.82. The van der Waals surface area contributed by atoms with Gasteiger partial charge < -0.3 is 9.47 Å². The van der Waals surface area contributed by atoms with Crippen molar-refractivity contribution in [3.05, 3.63) is 54.1 Å². The van der Waals surface area contributed by atoms with Crippen LogP contribution in [-0.4, -0.2) is 34.1 Å². The molecule has 1 aliphatic rings. The molecule has 1 aliphatic heterocycles. The Morgan fingerprint density at radius 3 is 2.58 bits per heavy atom. The highest BCUT2D eigenvalue weighted by Gasteiger charge is 2.38. The number of ether oxygens (including phenoxy) is 2.